The van der Waals surface area contributed by atoms with E-state index in [1.807, 2.05) is 0 Å². The summed E-state index contributed by atoms with van der Waals surface area (Å²) in [5.74, 6) is 3.09. The van der Waals surface area contributed by atoms with Gasteiger partial charge in [-0.05, 0) is 24.7 Å². The summed E-state index contributed by atoms with van der Waals surface area (Å²) in [5.41, 5.74) is 0.0302. The highest BCUT2D eigenvalue weighted by Gasteiger charge is 2.26. The van der Waals surface area contributed by atoms with Crippen LogP contribution in [0.5, 0.6) is 0 Å². The summed E-state index contributed by atoms with van der Waals surface area (Å²) in [6.45, 7) is 7.40. The van der Waals surface area contributed by atoms with Crippen LogP contribution in [-0.2, 0) is 5.41 Å². The largest absolute Gasteiger partial charge is 0.360 e. The average molecular weight is 288 g/mol. The van der Waals surface area contributed by atoms with Crippen LogP contribution < -0.4 is 5.32 Å². The second kappa shape index (κ2) is 5.74. The Kier molecular flexibility index (Phi) is 4.49. The molecule has 1 aromatic rings. The van der Waals surface area contributed by atoms with Gasteiger partial charge in [0.1, 0.15) is 5.82 Å². The molecule has 1 N–H and O–H groups in total. The van der Waals surface area contributed by atoms with Crippen LogP contribution >= 0.6 is 23.1 Å². The smallest absolute Gasteiger partial charge is 0.202 e. The number of rotatable bonds is 4. The minimum Gasteiger partial charge on any atom is -0.360 e. The van der Waals surface area contributed by atoms with Crippen LogP contribution in [0, 0.1) is 11.8 Å². The third kappa shape index (κ3) is 3.35. The summed E-state index contributed by atoms with van der Waals surface area (Å²) in [5, 5.41) is 4.37. The van der Waals surface area contributed by atoms with Crippen molar-refractivity contribution in [2.75, 3.05) is 17.7 Å². The van der Waals surface area contributed by atoms with E-state index in [-0.39, 0.29) is 5.41 Å². The first kappa shape index (κ1) is 14.1. The molecule has 1 aromatic heterocycles. The van der Waals surface area contributed by atoms with E-state index >= 15 is 0 Å². The Bertz CT molecular complexity index is 386. The van der Waals surface area contributed by atoms with Gasteiger partial charge in [0.05, 0.1) is 0 Å². The van der Waals surface area contributed by atoms with Gasteiger partial charge in [-0.2, -0.15) is 4.37 Å². The molecule has 1 heterocycles. The van der Waals surface area contributed by atoms with Gasteiger partial charge in [-0.15, -0.1) is 11.6 Å². The second-order valence-electron chi connectivity index (χ2n) is 6.16. The Morgan fingerprint density at radius 3 is 2.67 bits per heavy atom. The zero-order valence-electron chi connectivity index (χ0n) is 11.4. The van der Waals surface area contributed by atoms with Crippen LogP contribution in [0.15, 0.2) is 0 Å². The molecule has 0 spiro atoms. The molecule has 0 amide bonds. The van der Waals surface area contributed by atoms with Gasteiger partial charge in [0.15, 0.2) is 0 Å². The lowest BCUT2D eigenvalue weighted by atomic mass is 9.96. The van der Waals surface area contributed by atoms with Gasteiger partial charge >= 0.3 is 0 Å². The first-order valence-electron chi connectivity index (χ1n) is 6.64. The van der Waals surface area contributed by atoms with E-state index in [0.717, 1.165) is 23.4 Å². The van der Waals surface area contributed by atoms with Crippen molar-refractivity contribution in [1.29, 1.82) is 0 Å². The fourth-order valence-electron chi connectivity index (χ4n) is 2.40. The van der Waals surface area contributed by atoms with Crippen LogP contribution in [-0.4, -0.2) is 21.8 Å². The third-order valence-corrected chi connectivity index (χ3v) is 4.70. The minimum atomic E-state index is 0.0302. The Labute approximate surface area is 119 Å². The quantitative estimate of drug-likeness (QED) is 0.854. The molecule has 102 valence electrons. The zero-order valence-corrected chi connectivity index (χ0v) is 12.9. The van der Waals surface area contributed by atoms with E-state index in [1.165, 1.54) is 30.8 Å². The van der Waals surface area contributed by atoms with Gasteiger partial charge in [0, 0.05) is 29.4 Å². The predicted octanol–water partition coefficient (Wildman–Crippen LogP) is 3.90. The van der Waals surface area contributed by atoms with Crippen molar-refractivity contribution in [3.63, 3.8) is 0 Å². The number of halogens is 1. The maximum atomic E-state index is 6.00. The molecule has 2 unspecified atom stereocenters. The average Bonchev–Trinajstić information content (AvgIpc) is 2.94. The van der Waals surface area contributed by atoms with E-state index in [9.17, 15) is 0 Å². The highest BCUT2D eigenvalue weighted by atomic mass is 35.5. The van der Waals surface area contributed by atoms with Gasteiger partial charge in [-0.3, -0.25) is 0 Å². The summed E-state index contributed by atoms with van der Waals surface area (Å²) >= 11 is 7.46. The first-order chi connectivity index (χ1) is 8.50. The lowest BCUT2D eigenvalue weighted by Gasteiger charge is -2.17. The molecular weight excluding hydrogens is 266 g/mol. The van der Waals surface area contributed by atoms with E-state index in [2.05, 4.69) is 35.4 Å². The van der Waals surface area contributed by atoms with Crippen LogP contribution in [0.1, 0.15) is 45.9 Å². The Morgan fingerprint density at radius 1 is 1.33 bits per heavy atom. The van der Waals surface area contributed by atoms with Gasteiger partial charge in [0.25, 0.3) is 0 Å². The van der Waals surface area contributed by atoms with Gasteiger partial charge < -0.3 is 5.32 Å². The van der Waals surface area contributed by atoms with Crippen molar-refractivity contribution in [2.45, 2.75) is 45.4 Å². The highest BCUT2D eigenvalue weighted by molar-refractivity contribution is 7.09. The second-order valence-corrected chi connectivity index (χ2v) is 7.22. The number of anilines is 1. The molecule has 0 aromatic carbocycles. The van der Waals surface area contributed by atoms with Crippen LogP contribution in [0.2, 0.25) is 0 Å². The highest BCUT2D eigenvalue weighted by Crippen LogP contribution is 2.33. The third-order valence-electron chi connectivity index (χ3n) is 3.63. The van der Waals surface area contributed by atoms with Crippen molar-refractivity contribution in [1.82, 2.24) is 9.36 Å². The molecule has 0 saturated heterocycles. The lowest BCUT2D eigenvalue weighted by Crippen LogP contribution is -2.19. The molecule has 0 bridgehead atoms. The molecule has 1 aliphatic carbocycles. The van der Waals surface area contributed by atoms with E-state index in [1.54, 1.807) is 0 Å². The monoisotopic (exact) mass is 287 g/mol. The van der Waals surface area contributed by atoms with E-state index in [0.29, 0.717) is 11.8 Å². The summed E-state index contributed by atoms with van der Waals surface area (Å²) < 4.78 is 4.41. The molecule has 0 aliphatic heterocycles. The van der Waals surface area contributed by atoms with Crippen molar-refractivity contribution in [3.05, 3.63) is 5.82 Å². The number of alkyl halides is 1. The number of aromatic nitrogens is 2. The van der Waals surface area contributed by atoms with Crippen molar-refractivity contribution < 1.29 is 0 Å². The number of nitrogens with zero attached hydrogens (tertiary/aromatic N) is 2. The van der Waals surface area contributed by atoms with Gasteiger partial charge in [-0.25, -0.2) is 4.98 Å². The molecule has 18 heavy (non-hydrogen) atoms. The topological polar surface area (TPSA) is 37.8 Å². The van der Waals surface area contributed by atoms with Crippen molar-refractivity contribution in [2.24, 2.45) is 11.8 Å². The van der Waals surface area contributed by atoms with Crippen LogP contribution in [0.4, 0.5) is 5.13 Å². The Morgan fingerprint density at radius 2 is 2.06 bits per heavy atom. The predicted molar refractivity (Wildman–Crippen MR) is 78.6 cm³/mol. The molecule has 2 atom stereocenters. The molecule has 2 rings (SSSR count). The van der Waals surface area contributed by atoms with Crippen LogP contribution in [0.25, 0.3) is 0 Å². The van der Waals surface area contributed by atoms with Crippen molar-refractivity contribution in [3.8, 4) is 0 Å². The summed E-state index contributed by atoms with van der Waals surface area (Å²) in [4.78, 5) is 4.56. The molecule has 5 heteroatoms. The normalized spacial score (nSPS) is 24.4. The molecular formula is C13H22ClN3S. The molecule has 1 aliphatic rings. The standard InChI is InChI=1S/C13H22ClN3S/c1-13(2,3)11-16-12(18-17-11)15-8-10-6-4-5-9(10)7-14/h9-10H,4-8H2,1-3H3,(H,15,16,17). The summed E-state index contributed by atoms with van der Waals surface area (Å²) in [6, 6.07) is 0. The molecule has 0 radical (unpaired) electrons. The Hall–Kier alpha value is -0.350. The summed E-state index contributed by atoms with van der Waals surface area (Å²) in [7, 11) is 0. The lowest BCUT2D eigenvalue weighted by molar-refractivity contribution is 0.444. The maximum Gasteiger partial charge on any atom is 0.202 e. The number of nitrogens with one attached hydrogen (secondary N) is 1. The maximum absolute atomic E-state index is 6.00. The molecule has 1 saturated carbocycles. The fourth-order valence-corrected chi connectivity index (χ4v) is 3.57. The van der Waals surface area contributed by atoms with Gasteiger partial charge in [0.2, 0.25) is 5.13 Å². The van der Waals surface area contributed by atoms with Gasteiger partial charge in [-0.1, -0.05) is 27.2 Å². The molecule has 3 nitrogen and oxygen atoms in total. The summed E-state index contributed by atoms with van der Waals surface area (Å²) in [6.07, 6.45) is 3.88. The SMILES string of the molecule is CC(C)(C)c1nsc(NCC2CCCC2CCl)n1. The number of hydrogen-bond acceptors (Lipinski definition) is 4. The van der Waals surface area contributed by atoms with E-state index < -0.39 is 0 Å². The Balaban J connectivity index is 1.89. The fraction of sp³-hybridized carbons (Fsp3) is 0.846. The molecule has 1 fully saturated rings. The van der Waals surface area contributed by atoms with Crippen molar-refractivity contribution >= 4 is 28.3 Å². The first-order valence-corrected chi connectivity index (χ1v) is 7.95. The number of hydrogen-bond donors (Lipinski definition) is 1. The minimum absolute atomic E-state index is 0.0302. The van der Waals surface area contributed by atoms with E-state index in [4.69, 9.17) is 11.6 Å². The zero-order chi connectivity index (χ0) is 13.2. The van der Waals surface area contributed by atoms with Crippen LogP contribution in [0.3, 0.4) is 0 Å².